The SMILES string of the molecule is O=S(=O)(Nc1ccc(NC2CCCC2)nn1)c1ccc(Cl)cc1. The van der Waals surface area contributed by atoms with Gasteiger partial charge in [0.25, 0.3) is 10.0 Å². The molecule has 1 aliphatic rings. The lowest BCUT2D eigenvalue weighted by molar-refractivity contribution is 0.601. The van der Waals surface area contributed by atoms with Gasteiger partial charge in [0.1, 0.15) is 5.82 Å². The maximum absolute atomic E-state index is 12.2. The Morgan fingerprint density at radius 2 is 1.57 bits per heavy atom. The third-order valence-electron chi connectivity index (χ3n) is 3.73. The number of halogens is 1. The number of aromatic nitrogens is 2. The van der Waals surface area contributed by atoms with Gasteiger partial charge in [-0.3, -0.25) is 4.72 Å². The molecule has 1 saturated carbocycles. The number of hydrogen-bond donors (Lipinski definition) is 2. The topological polar surface area (TPSA) is 84.0 Å². The van der Waals surface area contributed by atoms with Crippen LogP contribution in [-0.2, 0) is 10.0 Å². The molecular weight excluding hydrogens is 336 g/mol. The van der Waals surface area contributed by atoms with Crippen molar-refractivity contribution in [3.8, 4) is 0 Å². The summed E-state index contributed by atoms with van der Waals surface area (Å²) in [6.45, 7) is 0. The molecule has 122 valence electrons. The summed E-state index contributed by atoms with van der Waals surface area (Å²) in [5, 5.41) is 11.7. The molecule has 8 heteroatoms. The summed E-state index contributed by atoms with van der Waals surface area (Å²) in [5.74, 6) is 0.836. The molecule has 0 unspecified atom stereocenters. The summed E-state index contributed by atoms with van der Waals surface area (Å²) in [6.07, 6.45) is 4.72. The average Bonchev–Trinajstić information content (AvgIpc) is 3.02. The minimum absolute atomic E-state index is 0.122. The first kappa shape index (κ1) is 16.0. The van der Waals surface area contributed by atoms with Crippen LogP contribution in [0.5, 0.6) is 0 Å². The van der Waals surface area contributed by atoms with Crippen LogP contribution in [0.25, 0.3) is 0 Å². The molecule has 0 spiro atoms. The van der Waals surface area contributed by atoms with Crippen molar-refractivity contribution in [1.29, 1.82) is 0 Å². The second kappa shape index (κ2) is 6.72. The molecule has 1 aromatic heterocycles. The molecule has 0 radical (unpaired) electrons. The minimum Gasteiger partial charge on any atom is -0.366 e. The summed E-state index contributed by atoms with van der Waals surface area (Å²) in [6, 6.07) is 9.68. The van der Waals surface area contributed by atoms with Crippen LogP contribution in [0.15, 0.2) is 41.3 Å². The Balaban J connectivity index is 1.68. The maximum atomic E-state index is 12.2. The van der Waals surface area contributed by atoms with Gasteiger partial charge in [0.2, 0.25) is 0 Å². The van der Waals surface area contributed by atoms with E-state index in [0.717, 1.165) is 12.8 Å². The fourth-order valence-electron chi connectivity index (χ4n) is 2.55. The van der Waals surface area contributed by atoms with Gasteiger partial charge in [-0.1, -0.05) is 24.4 Å². The lowest BCUT2D eigenvalue weighted by Gasteiger charge is -2.12. The van der Waals surface area contributed by atoms with Crippen molar-refractivity contribution in [2.45, 2.75) is 36.6 Å². The van der Waals surface area contributed by atoms with Crippen molar-refractivity contribution in [2.75, 3.05) is 10.0 Å². The van der Waals surface area contributed by atoms with E-state index in [4.69, 9.17) is 11.6 Å². The van der Waals surface area contributed by atoms with Crippen LogP contribution in [0.1, 0.15) is 25.7 Å². The molecule has 6 nitrogen and oxygen atoms in total. The van der Waals surface area contributed by atoms with E-state index in [0.29, 0.717) is 16.9 Å². The summed E-state index contributed by atoms with van der Waals surface area (Å²) in [4.78, 5) is 0.122. The lowest BCUT2D eigenvalue weighted by Crippen LogP contribution is -2.17. The molecule has 1 heterocycles. The fraction of sp³-hybridized carbons (Fsp3) is 0.333. The highest BCUT2D eigenvalue weighted by Gasteiger charge is 2.17. The Morgan fingerprint density at radius 1 is 0.957 bits per heavy atom. The first-order valence-corrected chi connectivity index (χ1v) is 9.28. The average molecular weight is 353 g/mol. The number of anilines is 2. The highest BCUT2D eigenvalue weighted by molar-refractivity contribution is 7.92. The molecule has 0 aliphatic heterocycles. The van der Waals surface area contributed by atoms with Crippen molar-refractivity contribution >= 4 is 33.3 Å². The van der Waals surface area contributed by atoms with E-state index in [-0.39, 0.29) is 10.7 Å². The Bertz CT molecular complexity index is 757. The number of nitrogens with zero attached hydrogens (tertiary/aromatic N) is 2. The van der Waals surface area contributed by atoms with E-state index in [1.165, 1.54) is 37.1 Å². The molecule has 2 aromatic rings. The monoisotopic (exact) mass is 352 g/mol. The van der Waals surface area contributed by atoms with Crippen molar-refractivity contribution in [3.05, 3.63) is 41.4 Å². The maximum Gasteiger partial charge on any atom is 0.263 e. The lowest BCUT2D eigenvalue weighted by atomic mass is 10.2. The zero-order chi connectivity index (χ0) is 16.3. The van der Waals surface area contributed by atoms with E-state index in [1.807, 2.05) is 0 Å². The number of nitrogens with one attached hydrogen (secondary N) is 2. The van der Waals surface area contributed by atoms with Crippen molar-refractivity contribution in [3.63, 3.8) is 0 Å². The van der Waals surface area contributed by atoms with Gasteiger partial charge in [-0.05, 0) is 49.2 Å². The summed E-state index contributed by atoms with van der Waals surface area (Å²) < 4.78 is 26.9. The van der Waals surface area contributed by atoms with E-state index in [9.17, 15) is 8.42 Å². The van der Waals surface area contributed by atoms with Gasteiger partial charge in [0.05, 0.1) is 4.90 Å². The van der Waals surface area contributed by atoms with Crippen LogP contribution in [0.3, 0.4) is 0 Å². The van der Waals surface area contributed by atoms with Crippen LogP contribution in [0, 0.1) is 0 Å². The molecule has 1 aromatic carbocycles. The van der Waals surface area contributed by atoms with Crippen LogP contribution in [-0.4, -0.2) is 24.7 Å². The van der Waals surface area contributed by atoms with Gasteiger partial charge in [-0.15, -0.1) is 10.2 Å². The third-order valence-corrected chi connectivity index (χ3v) is 5.36. The summed E-state index contributed by atoms with van der Waals surface area (Å²) in [7, 11) is -3.70. The Kier molecular flexibility index (Phi) is 4.68. The van der Waals surface area contributed by atoms with E-state index < -0.39 is 10.0 Å². The van der Waals surface area contributed by atoms with Crippen LogP contribution < -0.4 is 10.0 Å². The Morgan fingerprint density at radius 3 is 2.17 bits per heavy atom. The van der Waals surface area contributed by atoms with Crippen molar-refractivity contribution < 1.29 is 8.42 Å². The molecule has 2 N–H and O–H groups in total. The number of benzene rings is 1. The van der Waals surface area contributed by atoms with Gasteiger partial charge >= 0.3 is 0 Å². The fourth-order valence-corrected chi connectivity index (χ4v) is 3.68. The predicted molar refractivity (Wildman–Crippen MR) is 90.2 cm³/mol. The number of sulfonamides is 1. The van der Waals surface area contributed by atoms with Gasteiger partial charge in [0, 0.05) is 11.1 Å². The molecule has 3 rings (SSSR count). The zero-order valence-corrected chi connectivity index (χ0v) is 13.9. The minimum atomic E-state index is -3.70. The third kappa shape index (κ3) is 4.11. The van der Waals surface area contributed by atoms with Crippen molar-refractivity contribution in [1.82, 2.24) is 10.2 Å². The van der Waals surface area contributed by atoms with E-state index >= 15 is 0 Å². The van der Waals surface area contributed by atoms with Crippen LogP contribution >= 0.6 is 11.6 Å². The van der Waals surface area contributed by atoms with E-state index in [1.54, 1.807) is 12.1 Å². The summed E-state index contributed by atoms with van der Waals surface area (Å²) in [5.41, 5.74) is 0. The van der Waals surface area contributed by atoms with Gasteiger partial charge in [-0.25, -0.2) is 8.42 Å². The van der Waals surface area contributed by atoms with Crippen LogP contribution in [0.4, 0.5) is 11.6 Å². The highest BCUT2D eigenvalue weighted by atomic mass is 35.5. The molecule has 0 amide bonds. The van der Waals surface area contributed by atoms with E-state index in [2.05, 4.69) is 20.2 Å². The summed E-state index contributed by atoms with van der Waals surface area (Å²) >= 11 is 5.76. The molecule has 0 atom stereocenters. The zero-order valence-electron chi connectivity index (χ0n) is 12.4. The van der Waals surface area contributed by atoms with Gasteiger partial charge in [0.15, 0.2) is 5.82 Å². The predicted octanol–water partition coefficient (Wildman–Crippen LogP) is 3.29. The largest absolute Gasteiger partial charge is 0.366 e. The molecule has 1 fully saturated rings. The molecule has 0 saturated heterocycles. The standard InChI is InChI=1S/C15H17ClN4O2S/c16-11-5-7-13(8-6-11)23(21,22)20-15-10-9-14(18-19-15)17-12-3-1-2-4-12/h5-10,12H,1-4H2,(H,17,18)(H,19,20). The van der Waals surface area contributed by atoms with Gasteiger partial charge < -0.3 is 5.32 Å². The normalized spacial score (nSPS) is 15.5. The second-order valence-electron chi connectivity index (χ2n) is 5.49. The smallest absolute Gasteiger partial charge is 0.263 e. The van der Waals surface area contributed by atoms with Crippen LogP contribution in [0.2, 0.25) is 5.02 Å². The van der Waals surface area contributed by atoms with Crippen molar-refractivity contribution in [2.24, 2.45) is 0 Å². The first-order chi connectivity index (χ1) is 11.0. The Labute approximate surface area is 140 Å². The first-order valence-electron chi connectivity index (χ1n) is 7.41. The molecule has 0 bridgehead atoms. The highest BCUT2D eigenvalue weighted by Crippen LogP contribution is 2.22. The molecule has 1 aliphatic carbocycles. The quantitative estimate of drug-likeness (QED) is 0.862. The molecular formula is C15H17ClN4O2S. The number of hydrogen-bond acceptors (Lipinski definition) is 5. The number of rotatable bonds is 5. The molecule has 23 heavy (non-hydrogen) atoms. The van der Waals surface area contributed by atoms with Gasteiger partial charge in [-0.2, -0.15) is 0 Å². The Hall–Kier alpha value is -1.86. The second-order valence-corrected chi connectivity index (χ2v) is 7.61.